The van der Waals surface area contributed by atoms with E-state index in [1.165, 1.54) is 6.92 Å². The summed E-state index contributed by atoms with van der Waals surface area (Å²) >= 11 is 0. The van der Waals surface area contributed by atoms with Crippen molar-refractivity contribution < 1.29 is 19.1 Å². The summed E-state index contributed by atoms with van der Waals surface area (Å²) in [6.45, 7) is 1.71. The highest BCUT2D eigenvalue weighted by Crippen LogP contribution is 2.17. The molecule has 0 atom stereocenters. The molecule has 6 heteroatoms. The van der Waals surface area contributed by atoms with Crippen LogP contribution in [-0.2, 0) is 11.3 Å². The van der Waals surface area contributed by atoms with Gasteiger partial charge in [-0.05, 0) is 29.8 Å². The minimum Gasteiger partial charge on any atom is -0.497 e. The lowest BCUT2D eigenvalue weighted by molar-refractivity contribution is -0.131. The molecule has 6 nitrogen and oxygen atoms in total. The van der Waals surface area contributed by atoms with Gasteiger partial charge in [0, 0.05) is 25.2 Å². The van der Waals surface area contributed by atoms with Crippen molar-refractivity contribution >= 4 is 17.7 Å². The Morgan fingerprint density at radius 3 is 2.43 bits per heavy atom. The zero-order chi connectivity index (χ0) is 16.7. The summed E-state index contributed by atoms with van der Waals surface area (Å²) in [5.74, 6) is 0.733. The summed E-state index contributed by atoms with van der Waals surface area (Å²) in [5, 5.41) is 5.43. The Kier molecular flexibility index (Phi) is 5.57. The second-order valence-electron chi connectivity index (χ2n) is 4.78. The molecule has 0 spiro atoms. The average Bonchev–Trinajstić information content (AvgIpc) is 2.53. The summed E-state index contributed by atoms with van der Waals surface area (Å²) in [4.78, 5) is 22.8. The molecule has 120 valence electrons. The van der Waals surface area contributed by atoms with Gasteiger partial charge in [0.25, 0.3) is 0 Å². The molecule has 0 aliphatic rings. The van der Waals surface area contributed by atoms with E-state index in [0.717, 1.165) is 11.3 Å². The van der Waals surface area contributed by atoms with Gasteiger partial charge in [-0.3, -0.25) is 4.79 Å². The fraction of sp³-hybridized carbons (Fsp3) is 0.176. The average molecular weight is 314 g/mol. The van der Waals surface area contributed by atoms with E-state index in [-0.39, 0.29) is 6.03 Å². The Morgan fingerprint density at radius 1 is 1.04 bits per heavy atom. The first-order chi connectivity index (χ1) is 11.1. The largest absolute Gasteiger partial charge is 0.497 e. The maximum absolute atomic E-state index is 11.9. The molecule has 0 bridgehead atoms. The van der Waals surface area contributed by atoms with E-state index in [0.29, 0.717) is 18.0 Å². The number of carbonyl (C=O) groups is 2. The van der Waals surface area contributed by atoms with Crippen LogP contribution in [0.25, 0.3) is 0 Å². The second-order valence-corrected chi connectivity index (χ2v) is 4.78. The number of hydrogen-bond donors (Lipinski definition) is 2. The van der Waals surface area contributed by atoms with Crippen LogP contribution in [-0.4, -0.2) is 19.1 Å². The van der Waals surface area contributed by atoms with Crippen LogP contribution in [0, 0.1) is 0 Å². The highest BCUT2D eigenvalue weighted by Gasteiger charge is 2.04. The number of nitrogens with one attached hydrogen (secondary N) is 2. The predicted molar refractivity (Wildman–Crippen MR) is 86.6 cm³/mol. The number of hydrogen-bond acceptors (Lipinski definition) is 4. The number of amides is 2. The Labute approximate surface area is 134 Å². The molecule has 0 aliphatic carbocycles. The SMILES string of the molecule is COc1ccc(CNC(=O)Nc2cccc(OC(C)=O)c2)cc1. The van der Waals surface area contributed by atoms with Gasteiger partial charge in [0.05, 0.1) is 7.11 Å². The molecule has 2 aromatic rings. The van der Waals surface area contributed by atoms with E-state index in [2.05, 4.69) is 10.6 Å². The fourth-order valence-electron chi connectivity index (χ4n) is 1.90. The minimum atomic E-state index is -0.411. The van der Waals surface area contributed by atoms with Crippen molar-refractivity contribution in [2.45, 2.75) is 13.5 Å². The Bertz CT molecular complexity index is 683. The van der Waals surface area contributed by atoms with Gasteiger partial charge in [0.2, 0.25) is 0 Å². The number of esters is 1. The summed E-state index contributed by atoms with van der Waals surface area (Å²) in [6.07, 6.45) is 0. The van der Waals surface area contributed by atoms with Crippen LogP contribution in [0.15, 0.2) is 48.5 Å². The van der Waals surface area contributed by atoms with Crippen molar-refractivity contribution in [3.63, 3.8) is 0 Å². The molecule has 0 aromatic heterocycles. The van der Waals surface area contributed by atoms with Crippen molar-refractivity contribution in [2.24, 2.45) is 0 Å². The smallest absolute Gasteiger partial charge is 0.319 e. The van der Waals surface area contributed by atoms with Crippen LogP contribution in [0.4, 0.5) is 10.5 Å². The molecule has 0 fully saturated rings. The molecule has 0 radical (unpaired) electrons. The number of urea groups is 1. The summed E-state index contributed by atoms with van der Waals surface area (Å²) in [5.41, 5.74) is 1.49. The molecular formula is C17H18N2O4. The molecule has 2 rings (SSSR count). The lowest BCUT2D eigenvalue weighted by Gasteiger charge is -2.09. The van der Waals surface area contributed by atoms with Gasteiger partial charge in [0.15, 0.2) is 0 Å². The zero-order valence-corrected chi connectivity index (χ0v) is 13.0. The number of benzene rings is 2. The van der Waals surface area contributed by atoms with Crippen molar-refractivity contribution in [3.8, 4) is 11.5 Å². The maximum atomic E-state index is 11.9. The Balaban J connectivity index is 1.87. The molecule has 2 aromatic carbocycles. The van der Waals surface area contributed by atoms with Gasteiger partial charge in [-0.15, -0.1) is 0 Å². The van der Waals surface area contributed by atoms with Crippen LogP contribution in [0.1, 0.15) is 12.5 Å². The van der Waals surface area contributed by atoms with E-state index >= 15 is 0 Å². The molecule has 2 N–H and O–H groups in total. The predicted octanol–water partition coefficient (Wildman–Crippen LogP) is 2.94. The normalized spacial score (nSPS) is 9.83. The van der Waals surface area contributed by atoms with Crippen LogP contribution in [0.5, 0.6) is 11.5 Å². The topological polar surface area (TPSA) is 76.7 Å². The van der Waals surface area contributed by atoms with Crippen LogP contribution < -0.4 is 20.1 Å². The van der Waals surface area contributed by atoms with Gasteiger partial charge in [-0.1, -0.05) is 18.2 Å². The summed E-state index contributed by atoms with van der Waals surface area (Å²) in [7, 11) is 1.60. The Hall–Kier alpha value is -3.02. The van der Waals surface area contributed by atoms with Crippen LogP contribution >= 0.6 is 0 Å². The van der Waals surface area contributed by atoms with Gasteiger partial charge >= 0.3 is 12.0 Å². The van der Waals surface area contributed by atoms with E-state index in [1.807, 2.05) is 24.3 Å². The van der Waals surface area contributed by atoms with E-state index in [4.69, 9.17) is 9.47 Å². The third kappa shape index (κ3) is 5.35. The molecule has 23 heavy (non-hydrogen) atoms. The van der Waals surface area contributed by atoms with Crippen LogP contribution in [0.3, 0.4) is 0 Å². The first kappa shape index (κ1) is 16.4. The van der Waals surface area contributed by atoms with Crippen molar-refractivity contribution in [2.75, 3.05) is 12.4 Å². The van der Waals surface area contributed by atoms with E-state index < -0.39 is 5.97 Å². The number of carbonyl (C=O) groups excluding carboxylic acids is 2. The quantitative estimate of drug-likeness (QED) is 0.657. The van der Waals surface area contributed by atoms with Crippen molar-refractivity contribution in [3.05, 3.63) is 54.1 Å². The first-order valence-corrected chi connectivity index (χ1v) is 7.03. The lowest BCUT2D eigenvalue weighted by atomic mass is 10.2. The standard InChI is InChI=1S/C17H18N2O4/c1-12(20)23-16-5-3-4-14(10-16)19-17(21)18-11-13-6-8-15(22-2)9-7-13/h3-10H,11H2,1-2H3,(H2,18,19,21). The van der Waals surface area contributed by atoms with Gasteiger partial charge < -0.3 is 20.1 Å². The molecule has 0 unspecified atom stereocenters. The molecular weight excluding hydrogens is 296 g/mol. The van der Waals surface area contributed by atoms with Gasteiger partial charge in [-0.2, -0.15) is 0 Å². The number of anilines is 1. The highest BCUT2D eigenvalue weighted by atomic mass is 16.5. The minimum absolute atomic E-state index is 0.346. The first-order valence-electron chi connectivity index (χ1n) is 7.03. The lowest BCUT2D eigenvalue weighted by Crippen LogP contribution is -2.28. The Morgan fingerprint density at radius 2 is 1.78 bits per heavy atom. The molecule has 0 saturated carbocycles. The molecule has 0 saturated heterocycles. The van der Waals surface area contributed by atoms with Gasteiger partial charge in [-0.25, -0.2) is 4.79 Å². The van der Waals surface area contributed by atoms with E-state index in [9.17, 15) is 9.59 Å². The van der Waals surface area contributed by atoms with Crippen molar-refractivity contribution in [1.82, 2.24) is 5.32 Å². The zero-order valence-electron chi connectivity index (χ0n) is 13.0. The number of rotatable bonds is 5. The highest BCUT2D eigenvalue weighted by molar-refractivity contribution is 5.89. The van der Waals surface area contributed by atoms with Crippen LogP contribution in [0.2, 0.25) is 0 Å². The third-order valence-electron chi connectivity index (χ3n) is 2.97. The van der Waals surface area contributed by atoms with E-state index in [1.54, 1.807) is 31.4 Å². The molecule has 0 heterocycles. The van der Waals surface area contributed by atoms with Crippen molar-refractivity contribution in [1.29, 1.82) is 0 Å². The third-order valence-corrected chi connectivity index (χ3v) is 2.97. The summed E-state index contributed by atoms with van der Waals surface area (Å²) in [6, 6.07) is 13.7. The maximum Gasteiger partial charge on any atom is 0.319 e. The second kappa shape index (κ2) is 7.84. The monoisotopic (exact) mass is 314 g/mol. The number of methoxy groups -OCH3 is 1. The number of ether oxygens (including phenoxy) is 2. The fourth-order valence-corrected chi connectivity index (χ4v) is 1.90. The van der Waals surface area contributed by atoms with Gasteiger partial charge in [0.1, 0.15) is 11.5 Å². The summed E-state index contributed by atoms with van der Waals surface area (Å²) < 4.78 is 10.0. The molecule has 0 aliphatic heterocycles. The molecule has 2 amide bonds.